The number of aryl methyl sites for hydroxylation is 2. The molecule has 4 heteroatoms. The van der Waals surface area contributed by atoms with Gasteiger partial charge in [-0.15, -0.1) is 0 Å². The Kier molecular flexibility index (Phi) is 4.33. The molecule has 1 aliphatic rings. The predicted octanol–water partition coefficient (Wildman–Crippen LogP) is 3.63. The van der Waals surface area contributed by atoms with Crippen LogP contribution in [0.25, 0.3) is 0 Å². The first-order valence-corrected chi connectivity index (χ1v) is 7.29. The van der Waals surface area contributed by atoms with Crippen LogP contribution in [0.3, 0.4) is 0 Å². The topological polar surface area (TPSA) is 38.1 Å². The first kappa shape index (κ1) is 13.9. The number of aliphatic hydroxyl groups is 1. The lowest BCUT2D eigenvalue weighted by molar-refractivity contribution is 0.0674. The molecule has 18 heavy (non-hydrogen) atoms. The Morgan fingerprint density at radius 2 is 2.22 bits per heavy atom. The molecule has 0 saturated heterocycles. The molecule has 1 heterocycles. The van der Waals surface area contributed by atoms with Gasteiger partial charge in [0, 0.05) is 12.6 Å². The van der Waals surface area contributed by atoms with Crippen molar-refractivity contribution in [2.24, 2.45) is 18.9 Å². The molecule has 0 spiro atoms. The molecule has 3 nitrogen and oxygen atoms in total. The molecule has 0 aromatic carbocycles. The van der Waals surface area contributed by atoms with E-state index in [2.05, 4.69) is 12.0 Å². The summed E-state index contributed by atoms with van der Waals surface area (Å²) in [6.07, 6.45) is 5.49. The molecule has 2 rings (SSSR count). The van der Waals surface area contributed by atoms with Gasteiger partial charge >= 0.3 is 0 Å². The van der Waals surface area contributed by atoms with E-state index in [4.69, 9.17) is 11.6 Å². The average Bonchev–Trinajstić information content (AvgIpc) is 2.62. The summed E-state index contributed by atoms with van der Waals surface area (Å²) < 4.78 is 1.65. The molecule has 102 valence electrons. The predicted molar refractivity (Wildman–Crippen MR) is 73.7 cm³/mol. The maximum absolute atomic E-state index is 10.6. The van der Waals surface area contributed by atoms with E-state index in [-0.39, 0.29) is 0 Å². The van der Waals surface area contributed by atoms with Crippen LogP contribution in [0.2, 0.25) is 5.15 Å². The molecule has 3 atom stereocenters. The number of aromatic nitrogens is 2. The second kappa shape index (κ2) is 5.62. The van der Waals surface area contributed by atoms with Crippen LogP contribution in [0.5, 0.6) is 0 Å². The minimum atomic E-state index is -0.458. The standard InChI is InChI=1S/C14H23ClN2O/c1-4-10-6-5-7-11(8-10)13(18)12-9(2)16-17(3)14(12)15/h10-11,13,18H,4-8H2,1-3H3. The number of hydrogen-bond donors (Lipinski definition) is 1. The van der Waals surface area contributed by atoms with E-state index in [1.807, 2.05) is 14.0 Å². The lowest BCUT2D eigenvalue weighted by Crippen LogP contribution is -2.21. The largest absolute Gasteiger partial charge is 0.388 e. The minimum Gasteiger partial charge on any atom is -0.388 e. The monoisotopic (exact) mass is 270 g/mol. The summed E-state index contributed by atoms with van der Waals surface area (Å²) >= 11 is 6.24. The Labute approximate surface area is 114 Å². The molecule has 1 aromatic heterocycles. The fourth-order valence-electron chi connectivity index (χ4n) is 3.21. The first-order valence-electron chi connectivity index (χ1n) is 6.91. The Morgan fingerprint density at radius 1 is 1.50 bits per heavy atom. The third kappa shape index (κ3) is 2.57. The van der Waals surface area contributed by atoms with Gasteiger partial charge in [0.05, 0.1) is 11.8 Å². The number of aliphatic hydroxyl groups excluding tert-OH is 1. The number of halogens is 1. The van der Waals surface area contributed by atoms with E-state index >= 15 is 0 Å². The molecule has 0 radical (unpaired) electrons. The molecule has 3 unspecified atom stereocenters. The van der Waals surface area contributed by atoms with Crippen molar-refractivity contribution in [3.8, 4) is 0 Å². The van der Waals surface area contributed by atoms with Crippen LogP contribution in [-0.2, 0) is 7.05 Å². The van der Waals surface area contributed by atoms with Crippen LogP contribution in [0.15, 0.2) is 0 Å². The van der Waals surface area contributed by atoms with Crippen LogP contribution in [-0.4, -0.2) is 14.9 Å². The smallest absolute Gasteiger partial charge is 0.132 e. The molecule has 1 saturated carbocycles. The third-order valence-electron chi connectivity index (χ3n) is 4.34. The van der Waals surface area contributed by atoms with Gasteiger partial charge < -0.3 is 5.11 Å². The highest BCUT2D eigenvalue weighted by Gasteiger charge is 2.31. The van der Waals surface area contributed by atoms with E-state index in [0.29, 0.717) is 11.1 Å². The molecule has 0 bridgehead atoms. The minimum absolute atomic E-state index is 0.337. The summed E-state index contributed by atoms with van der Waals surface area (Å²) in [7, 11) is 1.82. The fourth-order valence-corrected chi connectivity index (χ4v) is 3.49. The van der Waals surface area contributed by atoms with Crippen molar-refractivity contribution in [1.29, 1.82) is 0 Å². The quantitative estimate of drug-likeness (QED) is 0.911. The molecule has 0 amide bonds. The summed E-state index contributed by atoms with van der Waals surface area (Å²) in [4.78, 5) is 0. The van der Waals surface area contributed by atoms with Crippen LogP contribution in [0.4, 0.5) is 0 Å². The molecule has 1 N–H and O–H groups in total. The van der Waals surface area contributed by atoms with Crippen LogP contribution < -0.4 is 0 Å². The molecule has 1 aliphatic carbocycles. The zero-order valence-electron chi connectivity index (χ0n) is 11.5. The zero-order chi connectivity index (χ0) is 13.3. The van der Waals surface area contributed by atoms with Crippen LogP contribution >= 0.6 is 11.6 Å². The van der Waals surface area contributed by atoms with E-state index in [1.165, 1.54) is 19.3 Å². The molecular weight excluding hydrogens is 248 g/mol. The van der Waals surface area contributed by atoms with Gasteiger partial charge in [-0.3, -0.25) is 4.68 Å². The summed E-state index contributed by atoms with van der Waals surface area (Å²) in [6, 6.07) is 0. The van der Waals surface area contributed by atoms with Crippen molar-refractivity contribution in [2.45, 2.75) is 52.1 Å². The molecule has 1 aromatic rings. The lowest BCUT2D eigenvalue weighted by Gasteiger charge is -2.31. The summed E-state index contributed by atoms with van der Waals surface area (Å²) in [6.45, 7) is 4.16. The van der Waals surface area contributed by atoms with Crippen molar-refractivity contribution < 1.29 is 5.11 Å². The van der Waals surface area contributed by atoms with Crippen LogP contribution in [0, 0.1) is 18.8 Å². The Bertz CT molecular complexity index is 416. The van der Waals surface area contributed by atoms with Crippen molar-refractivity contribution in [1.82, 2.24) is 9.78 Å². The average molecular weight is 271 g/mol. The first-order chi connectivity index (χ1) is 8.54. The summed E-state index contributed by atoms with van der Waals surface area (Å²) in [5, 5.41) is 15.5. The second-order valence-corrected chi connectivity index (χ2v) is 5.92. The van der Waals surface area contributed by atoms with Gasteiger partial charge in [0.2, 0.25) is 0 Å². The van der Waals surface area contributed by atoms with Crippen molar-refractivity contribution in [2.75, 3.05) is 0 Å². The highest BCUT2D eigenvalue weighted by Crippen LogP contribution is 2.40. The van der Waals surface area contributed by atoms with Gasteiger partial charge in [0.25, 0.3) is 0 Å². The molecule has 1 fully saturated rings. The van der Waals surface area contributed by atoms with Crippen molar-refractivity contribution >= 4 is 11.6 Å². The van der Waals surface area contributed by atoms with E-state index in [1.54, 1.807) is 4.68 Å². The van der Waals surface area contributed by atoms with E-state index < -0.39 is 6.10 Å². The highest BCUT2D eigenvalue weighted by molar-refractivity contribution is 6.30. The van der Waals surface area contributed by atoms with Gasteiger partial charge in [0.15, 0.2) is 0 Å². The number of nitrogens with zero attached hydrogens (tertiary/aromatic N) is 2. The number of rotatable bonds is 3. The normalized spacial score (nSPS) is 26.3. The fraction of sp³-hybridized carbons (Fsp3) is 0.786. The highest BCUT2D eigenvalue weighted by atomic mass is 35.5. The molecular formula is C14H23ClN2O. The van der Waals surface area contributed by atoms with Gasteiger partial charge in [-0.2, -0.15) is 5.10 Å². The number of hydrogen-bond acceptors (Lipinski definition) is 2. The lowest BCUT2D eigenvalue weighted by atomic mass is 9.76. The third-order valence-corrected chi connectivity index (χ3v) is 4.79. The Hall–Kier alpha value is -0.540. The SMILES string of the molecule is CCC1CCCC(C(O)c2c(C)nn(C)c2Cl)C1. The van der Waals surface area contributed by atoms with Gasteiger partial charge in [-0.1, -0.05) is 37.8 Å². The maximum Gasteiger partial charge on any atom is 0.132 e. The Morgan fingerprint density at radius 3 is 2.78 bits per heavy atom. The van der Waals surface area contributed by atoms with E-state index in [0.717, 1.165) is 30.0 Å². The van der Waals surface area contributed by atoms with Gasteiger partial charge in [-0.05, 0) is 31.6 Å². The summed E-state index contributed by atoms with van der Waals surface area (Å²) in [5.74, 6) is 1.10. The molecule has 0 aliphatic heterocycles. The second-order valence-electron chi connectivity index (χ2n) is 5.56. The van der Waals surface area contributed by atoms with Crippen molar-refractivity contribution in [3.63, 3.8) is 0 Å². The zero-order valence-corrected chi connectivity index (χ0v) is 12.2. The van der Waals surface area contributed by atoms with Crippen molar-refractivity contribution in [3.05, 3.63) is 16.4 Å². The van der Waals surface area contributed by atoms with Crippen LogP contribution in [0.1, 0.15) is 56.4 Å². The van der Waals surface area contributed by atoms with Gasteiger partial charge in [-0.25, -0.2) is 0 Å². The Balaban J connectivity index is 2.17. The maximum atomic E-state index is 10.6. The van der Waals surface area contributed by atoms with E-state index in [9.17, 15) is 5.11 Å². The summed E-state index contributed by atoms with van der Waals surface area (Å²) in [5.41, 5.74) is 1.69. The van der Waals surface area contributed by atoms with Gasteiger partial charge in [0.1, 0.15) is 5.15 Å².